The second-order valence-corrected chi connectivity index (χ2v) is 10.8. The lowest BCUT2D eigenvalue weighted by Gasteiger charge is -2.29. The Morgan fingerprint density at radius 1 is 0.667 bits per heavy atom. The standard InChI is InChI=1S/C31H31NO3S/c1-22-5-17-30(24(3)19-22)32(31-18-6-23(2)20-25(31)4)29-15-13-27(14-16-29)8-7-26-9-11-28(12-10-26)21-36(33,34)35/h5-20H,21H2,1-4H3,(H,33,34,35). The molecule has 4 aromatic rings. The van der Waals surface area contributed by atoms with Gasteiger partial charge in [-0.3, -0.25) is 4.55 Å². The normalized spacial score (nSPS) is 11.7. The van der Waals surface area contributed by atoms with Crippen molar-refractivity contribution in [1.82, 2.24) is 0 Å². The van der Waals surface area contributed by atoms with Crippen molar-refractivity contribution < 1.29 is 13.0 Å². The summed E-state index contributed by atoms with van der Waals surface area (Å²) < 4.78 is 31.1. The second-order valence-electron chi connectivity index (χ2n) is 9.31. The number of anilines is 3. The molecule has 4 nitrogen and oxygen atoms in total. The molecule has 0 atom stereocenters. The van der Waals surface area contributed by atoms with Crippen molar-refractivity contribution in [3.05, 3.63) is 124 Å². The monoisotopic (exact) mass is 497 g/mol. The summed E-state index contributed by atoms with van der Waals surface area (Å²) in [6.45, 7) is 8.53. The van der Waals surface area contributed by atoms with Gasteiger partial charge in [-0.1, -0.05) is 83.9 Å². The molecule has 0 aliphatic carbocycles. The van der Waals surface area contributed by atoms with Gasteiger partial charge in [-0.05, 0) is 79.8 Å². The zero-order valence-electron chi connectivity index (χ0n) is 21.1. The molecule has 4 rings (SSSR count). The quantitative estimate of drug-likeness (QED) is 0.208. The number of aryl methyl sites for hydroxylation is 4. The Balaban J connectivity index is 1.63. The van der Waals surface area contributed by atoms with Crippen LogP contribution in [0.2, 0.25) is 0 Å². The van der Waals surface area contributed by atoms with Gasteiger partial charge in [0.1, 0.15) is 5.75 Å². The van der Waals surface area contributed by atoms with Gasteiger partial charge >= 0.3 is 0 Å². The molecule has 0 amide bonds. The summed E-state index contributed by atoms with van der Waals surface area (Å²) in [5.74, 6) is -0.379. The maximum absolute atomic E-state index is 11.1. The van der Waals surface area contributed by atoms with Gasteiger partial charge in [-0.2, -0.15) is 8.42 Å². The third-order valence-corrected chi connectivity index (χ3v) is 6.83. The van der Waals surface area contributed by atoms with Gasteiger partial charge in [0.2, 0.25) is 0 Å². The molecule has 36 heavy (non-hydrogen) atoms. The maximum atomic E-state index is 11.1. The molecule has 184 valence electrons. The zero-order chi connectivity index (χ0) is 25.9. The molecule has 0 spiro atoms. The van der Waals surface area contributed by atoms with Crippen molar-refractivity contribution in [3.8, 4) is 0 Å². The van der Waals surface area contributed by atoms with Gasteiger partial charge in [-0.15, -0.1) is 0 Å². The molecule has 0 heterocycles. The average molecular weight is 498 g/mol. The fourth-order valence-corrected chi connectivity index (χ4v) is 5.00. The van der Waals surface area contributed by atoms with Gasteiger partial charge in [0.15, 0.2) is 0 Å². The average Bonchev–Trinajstić information content (AvgIpc) is 2.81. The molecule has 5 heteroatoms. The Morgan fingerprint density at radius 2 is 1.11 bits per heavy atom. The van der Waals surface area contributed by atoms with E-state index in [1.54, 1.807) is 12.1 Å². The minimum Gasteiger partial charge on any atom is -0.310 e. The fraction of sp³-hybridized carbons (Fsp3) is 0.161. The lowest BCUT2D eigenvalue weighted by molar-refractivity contribution is 0.482. The summed E-state index contributed by atoms with van der Waals surface area (Å²) in [6, 6.07) is 28.7. The topological polar surface area (TPSA) is 57.6 Å². The Hall–Kier alpha value is -3.67. The van der Waals surface area contributed by atoms with Crippen LogP contribution in [-0.4, -0.2) is 13.0 Å². The number of nitrogens with zero attached hydrogens (tertiary/aromatic N) is 1. The van der Waals surface area contributed by atoms with E-state index in [4.69, 9.17) is 4.55 Å². The van der Waals surface area contributed by atoms with Crippen molar-refractivity contribution in [2.24, 2.45) is 0 Å². The molecule has 0 saturated carbocycles. The SMILES string of the molecule is Cc1ccc(N(c2ccc(C=Cc3ccc(CS(=O)(=O)O)cc3)cc2)c2ccc(C)cc2C)c(C)c1. The van der Waals surface area contributed by atoms with E-state index in [0.717, 1.165) is 28.2 Å². The summed E-state index contributed by atoms with van der Waals surface area (Å²) in [5, 5.41) is 0. The van der Waals surface area contributed by atoms with Crippen LogP contribution < -0.4 is 4.90 Å². The Labute approximate surface area is 214 Å². The van der Waals surface area contributed by atoms with Gasteiger partial charge < -0.3 is 4.90 Å². The minimum absolute atomic E-state index is 0.379. The maximum Gasteiger partial charge on any atom is 0.269 e. The van der Waals surface area contributed by atoms with Crippen LogP contribution in [0.15, 0.2) is 84.9 Å². The van der Waals surface area contributed by atoms with Crippen molar-refractivity contribution >= 4 is 39.3 Å². The van der Waals surface area contributed by atoms with Crippen molar-refractivity contribution in [2.75, 3.05) is 4.90 Å². The minimum atomic E-state index is -4.03. The van der Waals surface area contributed by atoms with E-state index in [9.17, 15) is 8.42 Å². The molecule has 0 aliphatic heterocycles. The smallest absolute Gasteiger partial charge is 0.269 e. The summed E-state index contributed by atoms with van der Waals surface area (Å²) in [6.07, 6.45) is 4.01. The highest BCUT2D eigenvalue weighted by Gasteiger charge is 2.16. The van der Waals surface area contributed by atoms with Gasteiger partial charge in [0.25, 0.3) is 10.1 Å². The molecule has 0 unspecified atom stereocenters. The van der Waals surface area contributed by atoms with E-state index >= 15 is 0 Å². The largest absolute Gasteiger partial charge is 0.310 e. The molecule has 4 aromatic carbocycles. The van der Waals surface area contributed by atoms with Crippen LogP contribution in [-0.2, 0) is 15.9 Å². The first-order valence-electron chi connectivity index (χ1n) is 11.9. The highest BCUT2D eigenvalue weighted by atomic mass is 32.2. The van der Waals surface area contributed by atoms with Crippen LogP contribution >= 0.6 is 0 Å². The first kappa shape index (κ1) is 25.4. The summed E-state index contributed by atoms with van der Waals surface area (Å²) in [5.41, 5.74) is 10.9. The highest BCUT2D eigenvalue weighted by molar-refractivity contribution is 7.85. The van der Waals surface area contributed by atoms with Crippen LogP contribution in [0.5, 0.6) is 0 Å². The van der Waals surface area contributed by atoms with Crippen LogP contribution in [0, 0.1) is 27.7 Å². The van der Waals surface area contributed by atoms with E-state index in [2.05, 4.69) is 93.3 Å². The summed E-state index contributed by atoms with van der Waals surface area (Å²) in [4.78, 5) is 2.31. The zero-order valence-corrected chi connectivity index (χ0v) is 21.9. The van der Waals surface area contributed by atoms with Crippen molar-refractivity contribution in [3.63, 3.8) is 0 Å². The molecular weight excluding hydrogens is 466 g/mol. The van der Waals surface area contributed by atoms with E-state index in [1.807, 2.05) is 24.3 Å². The van der Waals surface area contributed by atoms with Crippen LogP contribution in [0.1, 0.15) is 38.9 Å². The molecule has 0 aliphatic rings. The van der Waals surface area contributed by atoms with Crippen LogP contribution in [0.3, 0.4) is 0 Å². The Morgan fingerprint density at radius 3 is 1.53 bits per heavy atom. The molecule has 0 aromatic heterocycles. The van der Waals surface area contributed by atoms with E-state index in [-0.39, 0.29) is 5.75 Å². The molecule has 0 bridgehead atoms. The summed E-state index contributed by atoms with van der Waals surface area (Å²) >= 11 is 0. The lowest BCUT2D eigenvalue weighted by Crippen LogP contribution is -2.12. The lowest BCUT2D eigenvalue weighted by atomic mass is 10.0. The third kappa shape index (κ3) is 6.30. The van der Waals surface area contributed by atoms with Gasteiger partial charge in [-0.25, -0.2) is 0 Å². The first-order chi connectivity index (χ1) is 17.1. The summed E-state index contributed by atoms with van der Waals surface area (Å²) in [7, 11) is -4.03. The highest BCUT2D eigenvalue weighted by Crippen LogP contribution is 2.38. The van der Waals surface area contributed by atoms with Crippen molar-refractivity contribution in [1.29, 1.82) is 0 Å². The third-order valence-electron chi connectivity index (χ3n) is 6.13. The molecule has 0 radical (unpaired) electrons. The van der Waals surface area contributed by atoms with Gasteiger partial charge in [0, 0.05) is 17.1 Å². The van der Waals surface area contributed by atoms with Crippen LogP contribution in [0.25, 0.3) is 12.2 Å². The molecule has 1 N–H and O–H groups in total. The molecular formula is C31H31NO3S. The van der Waals surface area contributed by atoms with Crippen LogP contribution in [0.4, 0.5) is 17.1 Å². The number of benzene rings is 4. The number of rotatable bonds is 7. The number of hydrogen-bond acceptors (Lipinski definition) is 3. The predicted octanol–water partition coefficient (Wildman–Crippen LogP) is 7.95. The molecule has 0 fully saturated rings. The van der Waals surface area contributed by atoms with E-state index < -0.39 is 10.1 Å². The van der Waals surface area contributed by atoms with E-state index in [1.165, 1.54) is 22.3 Å². The number of hydrogen-bond donors (Lipinski definition) is 1. The predicted molar refractivity (Wildman–Crippen MR) is 151 cm³/mol. The van der Waals surface area contributed by atoms with Crippen molar-refractivity contribution in [2.45, 2.75) is 33.4 Å². The second kappa shape index (κ2) is 10.5. The Bertz CT molecular complexity index is 1450. The molecule has 0 saturated heterocycles. The fourth-order valence-electron chi connectivity index (χ4n) is 4.38. The van der Waals surface area contributed by atoms with E-state index in [0.29, 0.717) is 5.56 Å². The first-order valence-corrected chi connectivity index (χ1v) is 13.5. The Kier molecular flexibility index (Phi) is 7.43. The van der Waals surface area contributed by atoms with Gasteiger partial charge in [0.05, 0.1) is 0 Å².